The number of halogens is 1. The molecule has 2 N–H and O–H groups in total. The Hall–Kier alpha value is -2.15. The van der Waals surface area contributed by atoms with Crippen LogP contribution in [-0.2, 0) is 10.0 Å². The lowest BCUT2D eigenvalue weighted by atomic mass is 10.1. The minimum Gasteiger partial charge on any atom is -0.345 e. The van der Waals surface area contributed by atoms with Gasteiger partial charge in [0.05, 0.1) is 10.9 Å². The molecule has 2 rings (SSSR count). The first kappa shape index (κ1) is 19.2. The maximum Gasteiger partial charge on any atom is 0.251 e. The zero-order valence-electron chi connectivity index (χ0n) is 13.7. The van der Waals surface area contributed by atoms with Crippen molar-refractivity contribution in [2.24, 2.45) is 0 Å². The van der Waals surface area contributed by atoms with E-state index in [-0.39, 0.29) is 29.0 Å². The predicted octanol–water partition coefficient (Wildman–Crippen LogP) is 3.30. The highest BCUT2D eigenvalue weighted by molar-refractivity contribution is 7.89. The summed E-state index contributed by atoms with van der Waals surface area (Å²) in [6, 6.07) is 12.7. The lowest BCUT2D eigenvalue weighted by molar-refractivity contribution is 0.0939. The topological polar surface area (TPSA) is 75.3 Å². The maximum atomic E-state index is 12.4. The number of sulfonamides is 1. The Morgan fingerprint density at radius 1 is 1.24 bits per heavy atom. The van der Waals surface area contributed by atoms with Crippen molar-refractivity contribution in [3.63, 3.8) is 0 Å². The Labute approximate surface area is 152 Å². The van der Waals surface area contributed by atoms with Crippen molar-refractivity contribution >= 4 is 27.5 Å². The third kappa shape index (κ3) is 4.92. The van der Waals surface area contributed by atoms with Crippen molar-refractivity contribution in [2.45, 2.75) is 17.9 Å². The van der Waals surface area contributed by atoms with Crippen molar-refractivity contribution in [3.8, 4) is 0 Å². The average molecular weight is 379 g/mol. The van der Waals surface area contributed by atoms with Crippen LogP contribution in [0, 0.1) is 0 Å². The van der Waals surface area contributed by atoms with Crippen molar-refractivity contribution in [2.75, 3.05) is 6.54 Å². The van der Waals surface area contributed by atoms with E-state index < -0.39 is 10.0 Å². The number of hydrogen-bond acceptors (Lipinski definition) is 3. The van der Waals surface area contributed by atoms with Gasteiger partial charge in [0.25, 0.3) is 5.91 Å². The summed E-state index contributed by atoms with van der Waals surface area (Å²) in [5.41, 5.74) is 1.04. The molecular formula is C18H19ClN2O3S. The first-order chi connectivity index (χ1) is 11.8. The quantitative estimate of drug-likeness (QED) is 0.726. The Morgan fingerprint density at radius 2 is 1.96 bits per heavy atom. The summed E-state index contributed by atoms with van der Waals surface area (Å²) in [5.74, 6) is -0.381. The summed E-state index contributed by atoms with van der Waals surface area (Å²) in [6.45, 7) is 5.39. The molecule has 0 spiro atoms. The highest BCUT2D eigenvalue weighted by Crippen LogP contribution is 2.22. The molecule has 0 bridgehead atoms. The van der Waals surface area contributed by atoms with Gasteiger partial charge in [-0.15, -0.1) is 6.58 Å². The van der Waals surface area contributed by atoms with E-state index in [0.29, 0.717) is 5.02 Å². The van der Waals surface area contributed by atoms with Gasteiger partial charge in [0.2, 0.25) is 10.0 Å². The summed E-state index contributed by atoms with van der Waals surface area (Å²) < 4.78 is 26.7. The van der Waals surface area contributed by atoms with E-state index in [4.69, 9.17) is 11.6 Å². The van der Waals surface area contributed by atoms with Crippen LogP contribution in [0.3, 0.4) is 0 Å². The number of carbonyl (C=O) groups excluding carboxylic acids is 1. The molecule has 132 valence electrons. The van der Waals surface area contributed by atoms with E-state index in [9.17, 15) is 13.2 Å². The van der Waals surface area contributed by atoms with Crippen LogP contribution in [0.1, 0.15) is 28.9 Å². The van der Waals surface area contributed by atoms with Crippen molar-refractivity contribution in [1.29, 1.82) is 0 Å². The fourth-order valence-corrected chi connectivity index (χ4v) is 3.58. The van der Waals surface area contributed by atoms with E-state index in [1.165, 1.54) is 24.3 Å². The van der Waals surface area contributed by atoms with Crippen LogP contribution in [0.4, 0.5) is 0 Å². The third-order valence-corrected chi connectivity index (χ3v) is 5.31. The monoisotopic (exact) mass is 378 g/mol. The number of amides is 1. The SMILES string of the molecule is C=CCNS(=O)(=O)c1cccc(C(=O)NC(C)c2ccccc2Cl)c1. The Kier molecular flexibility index (Phi) is 6.36. The van der Waals surface area contributed by atoms with Gasteiger partial charge >= 0.3 is 0 Å². The Morgan fingerprint density at radius 3 is 2.64 bits per heavy atom. The average Bonchev–Trinajstić information content (AvgIpc) is 2.60. The molecule has 0 aliphatic rings. The molecule has 0 heterocycles. The van der Waals surface area contributed by atoms with Gasteiger partial charge in [-0.05, 0) is 36.8 Å². The van der Waals surface area contributed by atoms with Crippen molar-refractivity contribution in [3.05, 3.63) is 77.3 Å². The van der Waals surface area contributed by atoms with Crippen LogP contribution in [-0.4, -0.2) is 20.9 Å². The molecule has 0 saturated carbocycles. The lowest BCUT2D eigenvalue weighted by Gasteiger charge is -2.16. The zero-order chi connectivity index (χ0) is 18.4. The van der Waals surface area contributed by atoms with E-state index in [0.717, 1.165) is 5.56 Å². The molecule has 2 aromatic rings. The molecule has 0 aliphatic heterocycles. The zero-order valence-corrected chi connectivity index (χ0v) is 15.3. The Bertz CT molecular complexity index is 881. The van der Waals surface area contributed by atoms with Crippen molar-refractivity contribution < 1.29 is 13.2 Å². The molecule has 1 amide bonds. The number of benzene rings is 2. The highest BCUT2D eigenvalue weighted by Gasteiger charge is 2.17. The van der Waals surface area contributed by atoms with Crippen LogP contribution >= 0.6 is 11.6 Å². The minimum absolute atomic E-state index is 0.0207. The molecule has 0 saturated heterocycles. The molecule has 0 aromatic heterocycles. The maximum absolute atomic E-state index is 12.4. The van der Waals surface area contributed by atoms with Crippen LogP contribution in [0.15, 0.2) is 66.1 Å². The normalized spacial score (nSPS) is 12.4. The van der Waals surface area contributed by atoms with E-state index in [2.05, 4.69) is 16.6 Å². The third-order valence-electron chi connectivity index (χ3n) is 3.54. The van der Waals surface area contributed by atoms with Crippen LogP contribution in [0.2, 0.25) is 5.02 Å². The lowest BCUT2D eigenvalue weighted by Crippen LogP contribution is -2.28. The summed E-state index contributed by atoms with van der Waals surface area (Å²) in [4.78, 5) is 12.5. The number of hydrogen-bond donors (Lipinski definition) is 2. The first-order valence-corrected chi connectivity index (χ1v) is 9.47. The van der Waals surface area contributed by atoms with E-state index in [1.54, 1.807) is 12.1 Å². The molecule has 0 fully saturated rings. The van der Waals surface area contributed by atoms with Crippen LogP contribution in [0.25, 0.3) is 0 Å². The fraction of sp³-hybridized carbons (Fsp3) is 0.167. The van der Waals surface area contributed by atoms with Gasteiger partial charge < -0.3 is 5.32 Å². The second kappa shape index (κ2) is 8.29. The van der Waals surface area contributed by atoms with E-state index in [1.807, 2.05) is 25.1 Å². The molecule has 2 aromatic carbocycles. The highest BCUT2D eigenvalue weighted by atomic mass is 35.5. The standard InChI is InChI=1S/C18H19ClN2O3S/c1-3-11-20-25(23,24)15-8-6-7-14(12-15)18(22)21-13(2)16-9-4-5-10-17(16)19/h3-10,12-13,20H,1,11H2,2H3,(H,21,22). The summed E-state index contributed by atoms with van der Waals surface area (Å²) in [7, 11) is -3.69. The molecule has 25 heavy (non-hydrogen) atoms. The van der Waals surface area contributed by atoms with Crippen LogP contribution < -0.4 is 10.0 Å². The molecule has 5 nitrogen and oxygen atoms in total. The molecular weight excluding hydrogens is 360 g/mol. The van der Waals surface area contributed by atoms with Crippen LogP contribution in [0.5, 0.6) is 0 Å². The summed E-state index contributed by atoms with van der Waals surface area (Å²) in [6.07, 6.45) is 1.44. The molecule has 1 atom stereocenters. The number of carbonyl (C=O) groups is 1. The smallest absolute Gasteiger partial charge is 0.251 e. The summed E-state index contributed by atoms with van der Waals surface area (Å²) >= 11 is 6.14. The van der Waals surface area contributed by atoms with Gasteiger partial charge in [-0.2, -0.15) is 0 Å². The van der Waals surface area contributed by atoms with Gasteiger partial charge in [0, 0.05) is 17.1 Å². The van der Waals surface area contributed by atoms with Crippen molar-refractivity contribution in [1.82, 2.24) is 10.0 Å². The minimum atomic E-state index is -3.69. The van der Waals surface area contributed by atoms with E-state index >= 15 is 0 Å². The first-order valence-electron chi connectivity index (χ1n) is 7.61. The second-order valence-electron chi connectivity index (χ2n) is 5.39. The van der Waals surface area contributed by atoms with Gasteiger partial charge in [-0.25, -0.2) is 13.1 Å². The molecule has 0 aliphatic carbocycles. The number of nitrogens with one attached hydrogen (secondary N) is 2. The summed E-state index contributed by atoms with van der Waals surface area (Å²) in [5, 5.41) is 3.38. The van der Waals surface area contributed by atoms with Gasteiger partial charge in [-0.1, -0.05) is 41.9 Å². The molecule has 1 unspecified atom stereocenters. The van der Waals surface area contributed by atoms with Gasteiger partial charge in [-0.3, -0.25) is 4.79 Å². The van der Waals surface area contributed by atoms with Gasteiger partial charge in [0.1, 0.15) is 0 Å². The number of rotatable bonds is 7. The second-order valence-corrected chi connectivity index (χ2v) is 7.56. The predicted molar refractivity (Wildman–Crippen MR) is 99.2 cm³/mol. The molecule has 0 radical (unpaired) electrons. The molecule has 7 heteroatoms. The largest absolute Gasteiger partial charge is 0.345 e. The van der Waals surface area contributed by atoms with Gasteiger partial charge in [0.15, 0.2) is 0 Å². The fourth-order valence-electron chi connectivity index (χ4n) is 2.24. The Balaban J connectivity index is 2.19.